The van der Waals surface area contributed by atoms with Crippen LogP contribution in [0.1, 0.15) is 13.8 Å². The van der Waals surface area contributed by atoms with Gasteiger partial charge in [0.25, 0.3) is 0 Å². The number of rotatable bonds is 1. The predicted molar refractivity (Wildman–Crippen MR) is 39.6 cm³/mol. The molecule has 0 bridgehead atoms. The number of nitrogens with one attached hydrogen (secondary N) is 1. The zero-order valence-corrected chi connectivity index (χ0v) is 6.59. The van der Waals surface area contributed by atoms with E-state index in [9.17, 15) is 0 Å². The molecule has 1 aliphatic carbocycles. The van der Waals surface area contributed by atoms with Gasteiger partial charge in [-0.05, 0) is 23.8 Å². The summed E-state index contributed by atoms with van der Waals surface area (Å²) in [4.78, 5) is 0. The second kappa shape index (κ2) is 1.74. The summed E-state index contributed by atoms with van der Waals surface area (Å²) in [5.41, 5.74) is 0.513. The Kier molecular flexibility index (Phi) is 1.15. The smallest absolute Gasteiger partial charge is 0.0587 e. The van der Waals surface area contributed by atoms with E-state index in [1.54, 1.807) is 0 Å². The van der Waals surface area contributed by atoms with Crippen LogP contribution in [0.15, 0.2) is 0 Å². The molecule has 3 atom stereocenters. The second-order valence-corrected chi connectivity index (χ2v) is 4.15. The van der Waals surface area contributed by atoms with Crippen molar-refractivity contribution in [1.29, 1.82) is 0 Å². The summed E-state index contributed by atoms with van der Waals surface area (Å²) < 4.78 is 0. The van der Waals surface area contributed by atoms with Crippen molar-refractivity contribution < 1.29 is 5.11 Å². The molecule has 1 saturated carbocycles. The highest BCUT2D eigenvalue weighted by Crippen LogP contribution is 2.62. The van der Waals surface area contributed by atoms with Crippen LogP contribution in [0.2, 0.25) is 0 Å². The first-order chi connectivity index (χ1) is 4.68. The zero-order chi connectivity index (χ0) is 7.35. The average Bonchev–Trinajstić information content (AvgIpc) is 2.28. The first-order valence-corrected chi connectivity index (χ1v) is 4.02. The van der Waals surface area contributed by atoms with E-state index in [0.29, 0.717) is 18.1 Å². The summed E-state index contributed by atoms with van der Waals surface area (Å²) in [7, 11) is 0. The minimum Gasteiger partial charge on any atom is -0.395 e. The van der Waals surface area contributed by atoms with Crippen molar-refractivity contribution >= 4 is 0 Å². The Morgan fingerprint density at radius 1 is 1.60 bits per heavy atom. The maximum atomic E-state index is 8.93. The van der Waals surface area contributed by atoms with E-state index in [1.165, 1.54) is 0 Å². The minimum atomic E-state index is 0.310. The van der Waals surface area contributed by atoms with E-state index >= 15 is 0 Å². The van der Waals surface area contributed by atoms with Crippen molar-refractivity contribution in [3.63, 3.8) is 0 Å². The van der Waals surface area contributed by atoms with Crippen LogP contribution in [-0.4, -0.2) is 24.3 Å². The maximum absolute atomic E-state index is 8.93. The molecule has 0 aromatic carbocycles. The average molecular weight is 141 g/mol. The summed E-state index contributed by atoms with van der Waals surface area (Å²) in [6.45, 7) is 6.02. The van der Waals surface area contributed by atoms with Crippen LogP contribution in [-0.2, 0) is 0 Å². The lowest BCUT2D eigenvalue weighted by Crippen LogP contribution is -2.33. The summed E-state index contributed by atoms with van der Waals surface area (Å²) in [5.74, 6) is 1.59. The molecule has 2 rings (SSSR count). The van der Waals surface area contributed by atoms with Crippen LogP contribution < -0.4 is 5.32 Å². The van der Waals surface area contributed by atoms with E-state index in [0.717, 1.165) is 18.4 Å². The lowest BCUT2D eigenvalue weighted by molar-refractivity contribution is 0.226. The minimum absolute atomic E-state index is 0.310. The van der Waals surface area contributed by atoms with Crippen LogP contribution in [0.3, 0.4) is 0 Å². The highest BCUT2D eigenvalue weighted by Gasteiger charge is 2.63. The monoisotopic (exact) mass is 141 g/mol. The topological polar surface area (TPSA) is 32.3 Å². The van der Waals surface area contributed by atoms with Gasteiger partial charge in [0.15, 0.2) is 0 Å². The van der Waals surface area contributed by atoms with Crippen molar-refractivity contribution in [1.82, 2.24) is 5.32 Å². The van der Waals surface area contributed by atoms with Gasteiger partial charge in [0, 0.05) is 6.04 Å². The molecule has 2 N–H and O–H groups in total. The molecule has 0 aromatic heterocycles. The third-order valence-electron chi connectivity index (χ3n) is 3.37. The highest BCUT2D eigenvalue weighted by molar-refractivity contribution is 5.14. The highest BCUT2D eigenvalue weighted by atomic mass is 16.3. The van der Waals surface area contributed by atoms with Gasteiger partial charge in [-0.2, -0.15) is 0 Å². The molecule has 1 saturated heterocycles. The number of hydrogen-bond donors (Lipinski definition) is 2. The molecule has 1 aliphatic heterocycles. The van der Waals surface area contributed by atoms with Crippen molar-refractivity contribution in [2.45, 2.75) is 19.9 Å². The number of hydrogen-bond acceptors (Lipinski definition) is 2. The number of fused-ring (bicyclic) bond motifs is 1. The second-order valence-electron chi connectivity index (χ2n) is 4.15. The van der Waals surface area contributed by atoms with Gasteiger partial charge >= 0.3 is 0 Å². The van der Waals surface area contributed by atoms with Gasteiger partial charge in [0.05, 0.1) is 6.61 Å². The van der Waals surface area contributed by atoms with Crippen LogP contribution in [0.5, 0.6) is 0 Å². The normalized spacial score (nSPS) is 48.9. The molecule has 2 fully saturated rings. The lowest BCUT2D eigenvalue weighted by Gasteiger charge is -2.15. The van der Waals surface area contributed by atoms with Crippen LogP contribution >= 0.6 is 0 Å². The number of piperidine rings is 1. The standard InChI is InChI=1S/C8H15NO/c1-8(2)5-3-9-6(4-10)7(5)8/h5-7,9-10H,3-4H2,1-2H3/t5-,6+,7-/m1/s1. The Balaban J connectivity index is 2.07. The Morgan fingerprint density at radius 2 is 2.30 bits per heavy atom. The van der Waals surface area contributed by atoms with Crippen molar-refractivity contribution in [3.05, 3.63) is 0 Å². The maximum Gasteiger partial charge on any atom is 0.0587 e. The van der Waals surface area contributed by atoms with Crippen molar-refractivity contribution in [3.8, 4) is 0 Å². The number of aliphatic hydroxyl groups is 1. The quantitative estimate of drug-likeness (QED) is 0.547. The van der Waals surface area contributed by atoms with E-state index < -0.39 is 0 Å². The fourth-order valence-electron chi connectivity index (χ4n) is 2.56. The molecule has 0 spiro atoms. The van der Waals surface area contributed by atoms with Gasteiger partial charge in [-0.25, -0.2) is 0 Å². The Hall–Kier alpha value is -0.0800. The first-order valence-electron chi connectivity index (χ1n) is 4.02. The molecule has 2 aliphatic rings. The van der Waals surface area contributed by atoms with Crippen molar-refractivity contribution in [2.24, 2.45) is 17.3 Å². The summed E-state index contributed by atoms with van der Waals surface area (Å²) in [5, 5.41) is 12.2. The summed E-state index contributed by atoms with van der Waals surface area (Å²) >= 11 is 0. The molecule has 0 radical (unpaired) electrons. The predicted octanol–water partition coefficient (Wildman–Crippen LogP) is 0.223. The molecule has 0 unspecified atom stereocenters. The van der Waals surface area contributed by atoms with Gasteiger partial charge < -0.3 is 10.4 Å². The van der Waals surface area contributed by atoms with Crippen LogP contribution in [0, 0.1) is 17.3 Å². The molecule has 58 valence electrons. The van der Waals surface area contributed by atoms with Gasteiger partial charge in [-0.3, -0.25) is 0 Å². The molecule has 0 amide bonds. The fraction of sp³-hybridized carbons (Fsp3) is 1.00. The molecular formula is C8H15NO. The van der Waals surface area contributed by atoms with E-state index in [4.69, 9.17) is 5.11 Å². The van der Waals surface area contributed by atoms with E-state index in [2.05, 4.69) is 19.2 Å². The van der Waals surface area contributed by atoms with Gasteiger partial charge in [-0.1, -0.05) is 13.8 Å². The molecule has 2 heteroatoms. The molecule has 0 aromatic rings. The molecule has 1 heterocycles. The third-order valence-corrected chi connectivity index (χ3v) is 3.37. The Morgan fingerprint density at radius 3 is 2.60 bits per heavy atom. The summed E-state index contributed by atoms with van der Waals surface area (Å²) in [6, 6.07) is 0.389. The third kappa shape index (κ3) is 0.611. The van der Waals surface area contributed by atoms with E-state index in [1.807, 2.05) is 0 Å². The van der Waals surface area contributed by atoms with Crippen LogP contribution in [0.4, 0.5) is 0 Å². The van der Waals surface area contributed by atoms with Crippen LogP contribution in [0.25, 0.3) is 0 Å². The van der Waals surface area contributed by atoms with Gasteiger partial charge in [-0.15, -0.1) is 0 Å². The molecule has 10 heavy (non-hydrogen) atoms. The summed E-state index contributed by atoms with van der Waals surface area (Å²) in [6.07, 6.45) is 0. The molecular weight excluding hydrogens is 126 g/mol. The fourth-order valence-corrected chi connectivity index (χ4v) is 2.56. The molecule has 2 nitrogen and oxygen atoms in total. The van der Waals surface area contributed by atoms with Gasteiger partial charge in [0.1, 0.15) is 0 Å². The Labute approximate surface area is 61.6 Å². The Bertz CT molecular complexity index is 155. The first kappa shape index (κ1) is 6.62. The SMILES string of the molecule is CC1(C)[C@H]2[C@H](CO)NC[C@H]21. The van der Waals surface area contributed by atoms with E-state index in [-0.39, 0.29) is 0 Å². The number of aliphatic hydroxyl groups excluding tert-OH is 1. The van der Waals surface area contributed by atoms with Gasteiger partial charge in [0.2, 0.25) is 0 Å². The zero-order valence-electron chi connectivity index (χ0n) is 6.59. The largest absolute Gasteiger partial charge is 0.395 e. The lowest BCUT2D eigenvalue weighted by atomic mass is 10.0. The van der Waals surface area contributed by atoms with Crippen molar-refractivity contribution in [2.75, 3.05) is 13.2 Å².